The van der Waals surface area contributed by atoms with E-state index in [0.29, 0.717) is 5.56 Å². The fraction of sp³-hybridized carbons (Fsp3) is 0.450. The lowest BCUT2D eigenvalue weighted by Gasteiger charge is -2.24. The maximum atomic E-state index is 12.8. The number of aromatic hydroxyl groups is 1. The number of hydrogen-bond donors (Lipinski definition) is 8. The smallest absolute Gasteiger partial charge is 0.326 e. The van der Waals surface area contributed by atoms with Gasteiger partial charge in [-0.1, -0.05) is 12.1 Å². The quantitative estimate of drug-likeness (QED) is 0.148. The SMILES string of the molecule is CC(N)C(=O)NC(CO)C(=O)NC(Cc1ccc(O)cc1)C(=O)NC(CCC(N)=O)C(=O)O. The van der Waals surface area contributed by atoms with Crippen molar-refractivity contribution in [2.75, 3.05) is 6.61 Å². The number of rotatable bonds is 13. The molecule has 0 radical (unpaired) electrons. The van der Waals surface area contributed by atoms with E-state index in [1.807, 2.05) is 0 Å². The maximum Gasteiger partial charge on any atom is 0.326 e. The van der Waals surface area contributed by atoms with Crippen LogP contribution in [0.15, 0.2) is 24.3 Å². The lowest BCUT2D eigenvalue weighted by Crippen LogP contribution is -2.58. The van der Waals surface area contributed by atoms with Crippen LogP contribution in [-0.2, 0) is 30.4 Å². The van der Waals surface area contributed by atoms with Crippen molar-refractivity contribution in [1.29, 1.82) is 0 Å². The van der Waals surface area contributed by atoms with Gasteiger partial charge in [-0.05, 0) is 31.0 Å². The summed E-state index contributed by atoms with van der Waals surface area (Å²) in [6.45, 7) is 0.592. The number of carbonyl (C=O) groups is 5. The van der Waals surface area contributed by atoms with E-state index in [1.165, 1.54) is 31.2 Å². The first kappa shape index (κ1) is 27.3. The Morgan fingerprint density at radius 3 is 1.91 bits per heavy atom. The second kappa shape index (κ2) is 13.0. The van der Waals surface area contributed by atoms with Crippen LogP contribution in [0.25, 0.3) is 0 Å². The Bertz CT molecular complexity index is 859. The van der Waals surface area contributed by atoms with E-state index in [9.17, 15) is 39.3 Å². The Labute approximate surface area is 189 Å². The molecule has 0 heterocycles. The van der Waals surface area contributed by atoms with Crippen molar-refractivity contribution in [3.8, 4) is 5.75 Å². The summed E-state index contributed by atoms with van der Waals surface area (Å²) in [7, 11) is 0. The fourth-order valence-corrected chi connectivity index (χ4v) is 2.66. The molecule has 1 aromatic carbocycles. The number of phenolic OH excluding ortho intramolecular Hbond substituents is 1. The van der Waals surface area contributed by atoms with Gasteiger partial charge in [-0.3, -0.25) is 19.2 Å². The van der Waals surface area contributed by atoms with Gasteiger partial charge in [0, 0.05) is 12.8 Å². The molecule has 0 aliphatic rings. The minimum Gasteiger partial charge on any atom is -0.508 e. The van der Waals surface area contributed by atoms with Crippen molar-refractivity contribution >= 4 is 29.6 Å². The van der Waals surface area contributed by atoms with E-state index in [1.54, 1.807) is 0 Å². The molecule has 33 heavy (non-hydrogen) atoms. The number of aliphatic carboxylic acids is 1. The molecule has 4 atom stereocenters. The molecule has 4 unspecified atom stereocenters. The molecular weight excluding hydrogens is 438 g/mol. The van der Waals surface area contributed by atoms with Gasteiger partial charge < -0.3 is 42.7 Å². The number of nitrogens with one attached hydrogen (secondary N) is 3. The summed E-state index contributed by atoms with van der Waals surface area (Å²) in [5, 5.41) is 35.1. The zero-order valence-electron chi connectivity index (χ0n) is 18.0. The molecule has 1 rings (SSSR count). The highest BCUT2D eigenvalue weighted by atomic mass is 16.4. The summed E-state index contributed by atoms with van der Waals surface area (Å²) in [6.07, 6.45) is -0.665. The zero-order chi connectivity index (χ0) is 25.1. The number of primary amides is 1. The zero-order valence-corrected chi connectivity index (χ0v) is 18.0. The first-order valence-corrected chi connectivity index (χ1v) is 10.0. The van der Waals surface area contributed by atoms with Crippen molar-refractivity contribution in [1.82, 2.24) is 16.0 Å². The van der Waals surface area contributed by atoms with Gasteiger partial charge in [0.25, 0.3) is 0 Å². The van der Waals surface area contributed by atoms with Crippen LogP contribution in [0.5, 0.6) is 5.75 Å². The van der Waals surface area contributed by atoms with Crippen LogP contribution in [0.3, 0.4) is 0 Å². The minimum atomic E-state index is -1.45. The number of carboxylic acids is 1. The molecule has 13 nitrogen and oxygen atoms in total. The third-order valence-electron chi connectivity index (χ3n) is 4.53. The van der Waals surface area contributed by atoms with E-state index in [-0.39, 0.29) is 25.0 Å². The third kappa shape index (κ3) is 9.53. The molecule has 10 N–H and O–H groups in total. The van der Waals surface area contributed by atoms with Gasteiger partial charge in [-0.25, -0.2) is 4.79 Å². The molecule has 0 aliphatic heterocycles. The first-order valence-electron chi connectivity index (χ1n) is 10.0. The van der Waals surface area contributed by atoms with Crippen LogP contribution < -0.4 is 27.4 Å². The summed E-state index contributed by atoms with van der Waals surface area (Å²) >= 11 is 0. The summed E-state index contributed by atoms with van der Waals surface area (Å²) in [6, 6.07) is 0.565. The van der Waals surface area contributed by atoms with Gasteiger partial charge in [0.1, 0.15) is 23.9 Å². The van der Waals surface area contributed by atoms with E-state index < -0.39 is 60.4 Å². The van der Waals surface area contributed by atoms with E-state index in [2.05, 4.69) is 16.0 Å². The Kier molecular flexibility index (Phi) is 10.7. The van der Waals surface area contributed by atoms with E-state index >= 15 is 0 Å². The lowest BCUT2D eigenvalue weighted by atomic mass is 10.0. The minimum absolute atomic E-state index is 0.0276. The average molecular weight is 467 g/mol. The molecule has 13 heteroatoms. The number of hydrogen-bond acceptors (Lipinski definition) is 8. The molecule has 0 spiro atoms. The molecule has 0 bridgehead atoms. The number of nitrogens with two attached hydrogens (primary N) is 2. The third-order valence-corrected chi connectivity index (χ3v) is 4.53. The molecule has 0 saturated carbocycles. The molecule has 0 aromatic heterocycles. The summed E-state index contributed by atoms with van der Waals surface area (Å²) in [5.74, 6) is -4.68. The summed E-state index contributed by atoms with van der Waals surface area (Å²) in [5.41, 5.74) is 11.0. The lowest BCUT2D eigenvalue weighted by molar-refractivity contribution is -0.142. The van der Waals surface area contributed by atoms with Gasteiger partial charge >= 0.3 is 5.97 Å². The maximum absolute atomic E-state index is 12.8. The van der Waals surface area contributed by atoms with Gasteiger partial charge in [0.05, 0.1) is 12.6 Å². The summed E-state index contributed by atoms with van der Waals surface area (Å²) < 4.78 is 0. The Morgan fingerprint density at radius 2 is 1.42 bits per heavy atom. The van der Waals surface area contributed by atoms with Gasteiger partial charge in [0.15, 0.2) is 0 Å². The molecule has 0 aliphatic carbocycles. The largest absolute Gasteiger partial charge is 0.508 e. The molecule has 0 saturated heterocycles. The van der Waals surface area contributed by atoms with Crippen molar-refractivity contribution in [2.45, 2.75) is 50.4 Å². The highest BCUT2D eigenvalue weighted by molar-refractivity contribution is 5.94. The van der Waals surface area contributed by atoms with Crippen LogP contribution in [0.4, 0.5) is 0 Å². The molecular formula is C20H29N5O8. The second-order valence-corrected chi connectivity index (χ2v) is 7.37. The van der Waals surface area contributed by atoms with Gasteiger partial charge in [-0.15, -0.1) is 0 Å². The molecule has 1 aromatic rings. The Hall–Kier alpha value is -3.71. The monoisotopic (exact) mass is 467 g/mol. The molecule has 182 valence electrons. The van der Waals surface area contributed by atoms with E-state index in [0.717, 1.165) is 0 Å². The van der Waals surface area contributed by atoms with Crippen LogP contribution in [0.1, 0.15) is 25.3 Å². The van der Waals surface area contributed by atoms with E-state index in [4.69, 9.17) is 11.5 Å². The number of carboxylic acid groups (broad SMARTS) is 1. The number of amides is 4. The standard InChI is InChI=1S/C20H29N5O8/c1-10(21)17(29)25-15(9-26)19(31)24-14(8-11-2-4-12(27)5-3-11)18(30)23-13(20(32)33)6-7-16(22)28/h2-5,10,13-15,26-27H,6-9,21H2,1H3,(H2,22,28)(H,23,30)(H,24,31)(H,25,29)(H,32,33). The average Bonchev–Trinajstić information content (AvgIpc) is 2.74. The van der Waals surface area contributed by atoms with Crippen molar-refractivity contribution in [3.05, 3.63) is 29.8 Å². The highest BCUT2D eigenvalue weighted by Gasteiger charge is 2.30. The number of aliphatic hydroxyl groups excluding tert-OH is 1. The van der Waals surface area contributed by atoms with Gasteiger partial charge in [0.2, 0.25) is 23.6 Å². The molecule has 4 amide bonds. The van der Waals surface area contributed by atoms with Crippen LogP contribution in [0.2, 0.25) is 0 Å². The number of carbonyl (C=O) groups excluding carboxylic acids is 4. The van der Waals surface area contributed by atoms with Crippen LogP contribution >= 0.6 is 0 Å². The van der Waals surface area contributed by atoms with Crippen molar-refractivity contribution in [2.24, 2.45) is 11.5 Å². The van der Waals surface area contributed by atoms with Crippen molar-refractivity contribution < 1.29 is 39.3 Å². The number of benzene rings is 1. The number of aliphatic hydroxyl groups is 1. The predicted molar refractivity (Wildman–Crippen MR) is 114 cm³/mol. The highest BCUT2D eigenvalue weighted by Crippen LogP contribution is 2.12. The van der Waals surface area contributed by atoms with Crippen molar-refractivity contribution in [3.63, 3.8) is 0 Å². The number of phenols is 1. The fourth-order valence-electron chi connectivity index (χ4n) is 2.66. The second-order valence-electron chi connectivity index (χ2n) is 7.37. The molecule has 0 fully saturated rings. The topological polar surface area (TPSA) is 234 Å². The van der Waals surface area contributed by atoms with Crippen LogP contribution in [0, 0.1) is 0 Å². The normalized spacial score (nSPS) is 14.3. The summed E-state index contributed by atoms with van der Waals surface area (Å²) in [4.78, 5) is 59.6. The first-order chi connectivity index (χ1) is 15.4. The Balaban J connectivity index is 3.06. The van der Waals surface area contributed by atoms with Gasteiger partial charge in [-0.2, -0.15) is 0 Å². The predicted octanol–water partition coefficient (Wildman–Crippen LogP) is -2.92. The Morgan fingerprint density at radius 1 is 0.909 bits per heavy atom. The van der Waals surface area contributed by atoms with Crippen LogP contribution in [-0.4, -0.2) is 75.7 Å².